The molecule has 2 atom stereocenters. The van der Waals surface area contributed by atoms with Crippen LogP contribution in [0.1, 0.15) is 62.3 Å². The summed E-state index contributed by atoms with van der Waals surface area (Å²) in [4.78, 5) is 0. The van der Waals surface area contributed by atoms with E-state index < -0.39 is 5.72 Å². The third kappa shape index (κ3) is 4.73. The fourth-order valence-corrected chi connectivity index (χ4v) is 1.82. The molecular weight excluding hydrogens is 238 g/mol. The van der Waals surface area contributed by atoms with Crippen molar-refractivity contribution < 1.29 is 9.47 Å². The molecule has 0 saturated carbocycles. The number of hydrogen-bond acceptors (Lipinski definition) is 3. The summed E-state index contributed by atoms with van der Waals surface area (Å²) in [5, 5.41) is 0. The highest BCUT2D eigenvalue weighted by atomic mass is 16.5. The quantitative estimate of drug-likeness (QED) is 0.684. The summed E-state index contributed by atoms with van der Waals surface area (Å²) in [6.45, 7) is 20.5. The van der Waals surface area contributed by atoms with Gasteiger partial charge in [0.2, 0.25) is 0 Å². The summed E-state index contributed by atoms with van der Waals surface area (Å²) in [5.74, 6) is 0.651. The summed E-state index contributed by atoms with van der Waals surface area (Å²) in [6, 6.07) is 0. The van der Waals surface area contributed by atoms with E-state index in [1.54, 1.807) is 0 Å². The molecular formula is C16H35NO2. The summed E-state index contributed by atoms with van der Waals surface area (Å²) < 4.78 is 11.8. The van der Waals surface area contributed by atoms with Gasteiger partial charge in [0.15, 0.2) is 0 Å². The van der Waals surface area contributed by atoms with Gasteiger partial charge in [-0.05, 0) is 44.9 Å². The molecule has 0 aliphatic heterocycles. The smallest absolute Gasteiger partial charge is 0.116 e. The van der Waals surface area contributed by atoms with Gasteiger partial charge < -0.3 is 15.2 Å². The van der Waals surface area contributed by atoms with E-state index >= 15 is 0 Å². The maximum atomic E-state index is 6.17. The largest absolute Gasteiger partial charge is 0.375 e. The van der Waals surface area contributed by atoms with Crippen LogP contribution in [-0.4, -0.2) is 24.5 Å². The zero-order valence-electron chi connectivity index (χ0n) is 14.5. The van der Waals surface area contributed by atoms with E-state index in [1.807, 2.05) is 13.8 Å². The van der Waals surface area contributed by atoms with Gasteiger partial charge in [-0.15, -0.1) is 0 Å². The molecule has 2 unspecified atom stereocenters. The molecule has 0 bridgehead atoms. The molecule has 3 heteroatoms. The van der Waals surface area contributed by atoms with Crippen LogP contribution in [0.5, 0.6) is 0 Å². The summed E-state index contributed by atoms with van der Waals surface area (Å²) in [6.07, 6.45) is 0. The molecule has 0 aromatic carbocycles. The van der Waals surface area contributed by atoms with Crippen molar-refractivity contribution in [2.24, 2.45) is 23.0 Å². The lowest BCUT2D eigenvalue weighted by atomic mass is 9.68. The second kappa shape index (κ2) is 6.55. The highest BCUT2D eigenvalue weighted by Gasteiger charge is 2.42. The lowest BCUT2D eigenvalue weighted by molar-refractivity contribution is -0.145. The zero-order chi connectivity index (χ0) is 15.5. The average molecular weight is 273 g/mol. The lowest BCUT2D eigenvalue weighted by Gasteiger charge is -2.46. The van der Waals surface area contributed by atoms with Crippen molar-refractivity contribution in [3.05, 3.63) is 0 Å². The van der Waals surface area contributed by atoms with Crippen molar-refractivity contribution in [3.63, 3.8) is 0 Å². The second-order valence-electron chi connectivity index (χ2n) is 7.22. The molecule has 0 fully saturated rings. The lowest BCUT2D eigenvalue weighted by Crippen LogP contribution is -2.50. The predicted octanol–water partition coefficient (Wildman–Crippen LogP) is 3.81. The predicted molar refractivity (Wildman–Crippen MR) is 82.0 cm³/mol. The minimum Gasteiger partial charge on any atom is -0.375 e. The molecule has 0 heterocycles. The van der Waals surface area contributed by atoms with E-state index in [9.17, 15) is 0 Å². The average Bonchev–Trinajstić information content (AvgIpc) is 2.25. The maximum absolute atomic E-state index is 6.17. The van der Waals surface area contributed by atoms with Gasteiger partial charge >= 0.3 is 0 Å². The number of rotatable bonds is 8. The van der Waals surface area contributed by atoms with E-state index in [0.717, 1.165) is 6.61 Å². The highest BCUT2D eigenvalue weighted by Crippen LogP contribution is 2.41. The molecule has 0 aliphatic carbocycles. The molecule has 19 heavy (non-hydrogen) atoms. The van der Waals surface area contributed by atoms with Crippen LogP contribution in [0.4, 0.5) is 0 Å². The minimum atomic E-state index is -0.569. The Morgan fingerprint density at radius 3 is 1.79 bits per heavy atom. The Bertz CT molecular complexity index is 270. The van der Waals surface area contributed by atoms with Crippen LogP contribution >= 0.6 is 0 Å². The molecule has 0 saturated heterocycles. The Labute approximate surface area is 120 Å². The van der Waals surface area contributed by atoms with Crippen LogP contribution in [0.3, 0.4) is 0 Å². The van der Waals surface area contributed by atoms with Gasteiger partial charge in [-0.3, -0.25) is 0 Å². The van der Waals surface area contributed by atoms with Crippen LogP contribution in [0.25, 0.3) is 0 Å². The van der Waals surface area contributed by atoms with Crippen LogP contribution in [0.15, 0.2) is 0 Å². The van der Waals surface area contributed by atoms with Gasteiger partial charge in [0.1, 0.15) is 5.72 Å². The molecule has 3 nitrogen and oxygen atoms in total. The third-order valence-corrected chi connectivity index (χ3v) is 5.08. The van der Waals surface area contributed by atoms with Crippen LogP contribution in [0, 0.1) is 17.3 Å². The first-order valence-corrected chi connectivity index (χ1v) is 7.45. The maximum Gasteiger partial charge on any atom is 0.116 e. The van der Waals surface area contributed by atoms with Gasteiger partial charge in [0.25, 0.3) is 0 Å². The number of hydrogen-bond donors (Lipinski definition) is 1. The fourth-order valence-electron chi connectivity index (χ4n) is 1.82. The Hall–Kier alpha value is -0.120. The first-order valence-electron chi connectivity index (χ1n) is 7.45. The van der Waals surface area contributed by atoms with Crippen molar-refractivity contribution in [2.45, 2.75) is 73.6 Å². The van der Waals surface area contributed by atoms with Gasteiger partial charge in [-0.2, -0.15) is 0 Å². The third-order valence-electron chi connectivity index (χ3n) is 5.08. The second-order valence-corrected chi connectivity index (χ2v) is 7.22. The molecule has 116 valence electrons. The SMILES string of the molecule is CCOC(C)(C)C(C)(C)C(C)COC(C)(N)C(C)C. The van der Waals surface area contributed by atoms with Crippen molar-refractivity contribution in [1.82, 2.24) is 0 Å². The Morgan fingerprint density at radius 2 is 1.42 bits per heavy atom. The van der Waals surface area contributed by atoms with Crippen molar-refractivity contribution in [2.75, 3.05) is 13.2 Å². The van der Waals surface area contributed by atoms with Gasteiger partial charge in [-0.1, -0.05) is 34.6 Å². The topological polar surface area (TPSA) is 44.5 Å². The molecule has 0 aromatic heterocycles. The van der Waals surface area contributed by atoms with Crippen molar-refractivity contribution >= 4 is 0 Å². The normalized spacial score (nSPS) is 18.5. The van der Waals surface area contributed by atoms with Gasteiger partial charge in [0, 0.05) is 6.61 Å². The van der Waals surface area contributed by atoms with E-state index in [2.05, 4.69) is 48.5 Å². The minimum absolute atomic E-state index is 0.00999. The van der Waals surface area contributed by atoms with Crippen LogP contribution < -0.4 is 5.73 Å². The van der Waals surface area contributed by atoms with Crippen molar-refractivity contribution in [3.8, 4) is 0 Å². The summed E-state index contributed by atoms with van der Waals surface area (Å²) in [5.41, 5.74) is 5.42. The monoisotopic (exact) mass is 273 g/mol. The van der Waals surface area contributed by atoms with E-state index in [4.69, 9.17) is 15.2 Å². The Kier molecular flexibility index (Phi) is 6.51. The first kappa shape index (κ1) is 18.9. The van der Waals surface area contributed by atoms with Gasteiger partial charge in [-0.25, -0.2) is 0 Å². The van der Waals surface area contributed by atoms with E-state index in [0.29, 0.717) is 18.4 Å². The summed E-state index contributed by atoms with van der Waals surface area (Å²) in [7, 11) is 0. The fraction of sp³-hybridized carbons (Fsp3) is 1.00. The standard InChI is InChI=1S/C16H35NO2/c1-10-18-15(7,8)14(5,6)13(4)11-19-16(9,17)12(2)3/h12-13H,10-11,17H2,1-9H3. The molecule has 0 amide bonds. The van der Waals surface area contributed by atoms with Gasteiger partial charge in [0.05, 0.1) is 12.2 Å². The first-order chi connectivity index (χ1) is 8.38. The van der Waals surface area contributed by atoms with E-state index in [-0.39, 0.29) is 11.0 Å². The number of ether oxygens (including phenoxy) is 2. The molecule has 0 aliphatic rings. The molecule has 0 spiro atoms. The Balaban J connectivity index is 4.69. The summed E-state index contributed by atoms with van der Waals surface area (Å²) >= 11 is 0. The molecule has 0 radical (unpaired) electrons. The van der Waals surface area contributed by atoms with Crippen LogP contribution in [0.2, 0.25) is 0 Å². The highest BCUT2D eigenvalue weighted by molar-refractivity contribution is 4.91. The molecule has 2 N–H and O–H groups in total. The molecule has 0 rings (SSSR count). The Morgan fingerprint density at radius 1 is 0.947 bits per heavy atom. The van der Waals surface area contributed by atoms with E-state index in [1.165, 1.54) is 0 Å². The molecule has 0 aromatic rings. The zero-order valence-corrected chi connectivity index (χ0v) is 14.5. The van der Waals surface area contributed by atoms with Crippen LogP contribution in [-0.2, 0) is 9.47 Å². The van der Waals surface area contributed by atoms with Crippen molar-refractivity contribution in [1.29, 1.82) is 0 Å². The number of nitrogens with two attached hydrogens (primary N) is 1.